The highest BCUT2D eigenvalue weighted by Crippen LogP contribution is 2.22. The van der Waals surface area contributed by atoms with Crippen molar-refractivity contribution in [3.8, 4) is 6.07 Å². The minimum absolute atomic E-state index is 0.00903. The molecule has 0 atom stereocenters. The van der Waals surface area contributed by atoms with Crippen LogP contribution in [0, 0.1) is 18.3 Å². The van der Waals surface area contributed by atoms with Crippen LogP contribution in [0.1, 0.15) is 17.7 Å². The third-order valence-corrected chi connectivity index (χ3v) is 2.86. The smallest absolute Gasteiger partial charge is 0.239 e. The molecular weight excluding hydrogens is 218 g/mol. The van der Waals surface area contributed by atoms with Crippen LogP contribution < -0.4 is 10.2 Å². The molecule has 0 saturated carbocycles. The minimum atomic E-state index is -0.00903. The maximum absolute atomic E-state index is 11.5. The third-order valence-electron chi connectivity index (χ3n) is 2.86. The standard InChI is InChI=1S/C11H15N5O/c1-8-9(6-12)11(15(2)14-8)16-5-3-4-13-10(17)7-16/h3-5,7H2,1-2H3,(H,13,17). The molecule has 0 radical (unpaired) electrons. The molecule has 1 fully saturated rings. The number of carbonyl (C=O) groups excluding carboxylic acids is 1. The summed E-state index contributed by atoms with van der Waals surface area (Å²) >= 11 is 0. The van der Waals surface area contributed by atoms with Crippen molar-refractivity contribution in [2.24, 2.45) is 7.05 Å². The monoisotopic (exact) mass is 233 g/mol. The molecule has 0 bridgehead atoms. The van der Waals surface area contributed by atoms with Crippen molar-refractivity contribution in [2.45, 2.75) is 13.3 Å². The lowest BCUT2D eigenvalue weighted by Crippen LogP contribution is -2.34. The van der Waals surface area contributed by atoms with Gasteiger partial charge in [-0.05, 0) is 13.3 Å². The average Bonchev–Trinajstić information content (AvgIpc) is 2.46. The summed E-state index contributed by atoms with van der Waals surface area (Å²) in [5.41, 5.74) is 1.26. The van der Waals surface area contributed by atoms with Crippen LogP contribution in [0.4, 0.5) is 5.82 Å². The molecule has 1 aromatic heterocycles. The number of hydrogen-bond donors (Lipinski definition) is 1. The van der Waals surface area contributed by atoms with Gasteiger partial charge in [0.05, 0.1) is 12.2 Å². The molecule has 1 amide bonds. The van der Waals surface area contributed by atoms with Gasteiger partial charge in [0.25, 0.3) is 0 Å². The van der Waals surface area contributed by atoms with Crippen molar-refractivity contribution in [3.63, 3.8) is 0 Å². The summed E-state index contributed by atoms with van der Waals surface area (Å²) < 4.78 is 1.67. The van der Waals surface area contributed by atoms with Crippen molar-refractivity contribution in [1.82, 2.24) is 15.1 Å². The van der Waals surface area contributed by atoms with Gasteiger partial charge in [0, 0.05) is 20.1 Å². The molecule has 2 rings (SSSR count). The predicted molar refractivity (Wildman–Crippen MR) is 62.5 cm³/mol. The normalized spacial score (nSPS) is 16.3. The van der Waals surface area contributed by atoms with E-state index >= 15 is 0 Å². The van der Waals surface area contributed by atoms with Crippen LogP contribution in [0.15, 0.2) is 0 Å². The number of nitrogens with zero attached hydrogens (tertiary/aromatic N) is 4. The van der Waals surface area contributed by atoms with E-state index in [1.807, 2.05) is 4.90 Å². The van der Waals surface area contributed by atoms with E-state index in [0.717, 1.165) is 18.8 Å². The Morgan fingerprint density at radius 3 is 3.00 bits per heavy atom. The van der Waals surface area contributed by atoms with Gasteiger partial charge < -0.3 is 10.2 Å². The Bertz CT molecular complexity index is 485. The van der Waals surface area contributed by atoms with E-state index in [2.05, 4.69) is 16.5 Å². The molecule has 1 aliphatic heterocycles. The minimum Gasteiger partial charge on any atom is -0.354 e. The van der Waals surface area contributed by atoms with E-state index in [4.69, 9.17) is 5.26 Å². The lowest BCUT2D eigenvalue weighted by molar-refractivity contribution is -0.119. The van der Waals surface area contributed by atoms with Gasteiger partial charge in [-0.1, -0.05) is 0 Å². The van der Waals surface area contributed by atoms with Crippen LogP contribution in [-0.2, 0) is 11.8 Å². The molecule has 1 aliphatic rings. The first kappa shape index (κ1) is 11.5. The first-order valence-corrected chi connectivity index (χ1v) is 5.59. The number of nitrogens with one attached hydrogen (secondary N) is 1. The Balaban J connectivity index is 2.39. The second-order valence-electron chi connectivity index (χ2n) is 4.14. The summed E-state index contributed by atoms with van der Waals surface area (Å²) in [6.07, 6.45) is 0.876. The largest absolute Gasteiger partial charge is 0.354 e. The van der Waals surface area contributed by atoms with E-state index in [-0.39, 0.29) is 12.5 Å². The maximum Gasteiger partial charge on any atom is 0.239 e. The summed E-state index contributed by atoms with van der Waals surface area (Å²) in [6.45, 7) is 3.54. The van der Waals surface area contributed by atoms with Crippen molar-refractivity contribution < 1.29 is 4.79 Å². The lowest BCUT2D eigenvalue weighted by Gasteiger charge is -2.21. The Morgan fingerprint density at radius 2 is 2.29 bits per heavy atom. The van der Waals surface area contributed by atoms with E-state index in [9.17, 15) is 4.79 Å². The van der Waals surface area contributed by atoms with Crippen LogP contribution in [-0.4, -0.2) is 35.3 Å². The van der Waals surface area contributed by atoms with Gasteiger partial charge in [0.1, 0.15) is 17.5 Å². The van der Waals surface area contributed by atoms with Crippen molar-refractivity contribution in [2.75, 3.05) is 24.5 Å². The van der Waals surface area contributed by atoms with E-state index in [0.29, 0.717) is 17.8 Å². The van der Waals surface area contributed by atoms with Gasteiger partial charge in [-0.25, -0.2) is 0 Å². The van der Waals surface area contributed by atoms with E-state index < -0.39 is 0 Å². The summed E-state index contributed by atoms with van der Waals surface area (Å²) in [5.74, 6) is 0.729. The van der Waals surface area contributed by atoms with Gasteiger partial charge in [0.15, 0.2) is 0 Å². The second-order valence-corrected chi connectivity index (χ2v) is 4.14. The molecule has 1 N–H and O–H groups in total. The fourth-order valence-corrected chi connectivity index (χ4v) is 2.13. The van der Waals surface area contributed by atoms with Gasteiger partial charge in [-0.15, -0.1) is 0 Å². The number of amides is 1. The fourth-order valence-electron chi connectivity index (χ4n) is 2.13. The molecule has 0 unspecified atom stereocenters. The number of rotatable bonds is 1. The molecule has 0 spiro atoms. The Labute approximate surface area is 99.8 Å². The average molecular weight is 233 g/mol. The first-order chi connectivity index (χ1) is 8.13. The van der Waals surface area contributed by atoms with Crippen LogP contribution in [0.3, 0.4) is 0 Å². The number of nitriles is 1. The number of carbonyl (C=O) groups is 1. The zero-order valence-corrected chi connectivity index (χ0v) is 10.0. The molecule has 0 aromatic carbocycles. The van der Waals surface area contributed by atoms with Crippen LogP contribution in [0.25, 0.3) is 0 Å². The maximum atomic E-state index is 11.5. The van der Waals surface area contributed by atoms with Gasteiger partial charge in [0.2, 0.25) is 5.91 Å². The van der Waals surface area contributed by atoms with Gasteiger partial charge in [-0.3, -0.25) is 9.48 Å². The van der Waals surface area contributed by atoms with Crippen molar-refractivity contribution >= 4 is 11.7 Å². The fraction of sp³-hybridized carbons (Fsp3) is 0.545. The molecule has 6 nitrogen and oxygen atoms in total. The second kappa shape index (κ2) is 4.45. The molecular formula is C11H15N5O. The van der Waals surface area contributed by atoms with Crippen LogP contribution in [0.2, 0.25) is 0 Å². The van der Waals surface area contributed by atoms with Crippen molar-refractivity contribution in [3.05, 3.63) is 11.3 Å². The molecule has 90 valence electrons. The molecule has 6 heteroatoms. The molecule has 1 aromatic rings. The summed E-state index contributed by atoms with van der Waals surface area (Å²) in [6, 6.07) is 2.16. The highest BCUT2D eigenvalue weighted by atomic mass is 16.2. The zero-order valence-electron chi connectivity index (χ0n) is 10.0. The van der Waals surface area contributed by atoms with E-state index in [1.54, 1.807) is 18.7 Å². The summed E-state index contributed by atoms with van der Waals surface area (Å²) in [5, 5.41) is 16.2. The molecule has 17 heavy (non-hydrogen) atoms. The quantitative estimate of drug-likeness (QED) is 0.736. The third kappa shape index (κ3) is 2.09. The first-order valence-electron chi connectivity index (χ1n) is 5.59. The van der Waals surface area contributed by atoms with Gasteiger partial charge >= 0.3 is 0 Å². The summed E-state index contributed by atoms with van der Waals surface area (Å²) in [7, 11) is 1.80. The van der Waals surface area contributed by atoms with Crippen LogP contribution in [0.5, 0.6) is 0 Å². The zero-order chi connectivity index (χ0) is 12.4. The number of aromatic nitrogens is 2. The highest BCUT2D eigenvalue weighted by molar-refractivity contribution is 5.82. The number of hydrogen-bond acceptors (Lipinski definition) is 4. The highest BCUT2D eigenvalue weighted by Gasteiger charge is 2.22. The Morgan fingerprint density at radius 1 is 1.53 bits per heavy atom. The Kier molecular flexibility index (Phi) is 3.00. The predicted octanol–water partition coefficient (Wildman–Crippen LogP) is -0.0735. The molecule has 2 heterocycles. The van der Waals surface area contributed by atoms with E-state index in [1.165, 1.54) is 0 Å². The molecule has 0 aliphatic carbocycles. The number of aryl methyl sites for hydroxylation is 2. The molecule has 1 saturated heterocycles. The SMILES string of the molecule is Cc1nn(C)c(N2CCCNC(=O)C2)c1C#N. The summed E-state index contributed by atoms with van der Waals surface area (Å²) in [4.78, 5) is 13.4. The van der Waals surface area contributed by atoms with Crippen LogP contribution >= 0.6 is 0 Å². The Hall–Kier alpha value is -2.03. The number of anilines is 1. The van der Waals surface area contributed by atoms with Gasteiger partial charge in [-0.2, -0.15) is 10.4 Å². The van der Waals surface area contributed by atoms with Crippen molar-refractivity contribution in [1.29, 1.82) is 5.26 Å². The topological polar surface area (TPSA) is 74.0 Å². The lowest BCUT2D eigenvalue weighted by atomic mass is 10.2.